The molecule has 0 fully saturated rings. The molecule has 6 nitrogen and oxygen atoms in total. The zero-order valence-corrected chi connectivity index (χ0v) is 20.5. The van der Waals surface area contributed by atoms with Gasteiger partial charge in [-0.1, -0.05) is 25.1 Å². The molecule has 0 spiro atoms. The van der Waals surface area contributed by atoms with Gasteiger partial charge in [0.1, 0.15) is 16.5 Å². The molecule has 2 rings (SSSR count). The van der Waals surface area contributed by atoms with Crippen LogP contribution in [0, 0.1) is 6.92 Å². The Balaban J connectivity index is 1.98. The van der Waals surface area contributed by atoms with Crippen molar-refractivity contribution in [2.24, 2.45) is 0 Å². The summed E-state index contributed by atoms with van der Waals surface area (Å²) in [5, 5.41) is 3.93. The van der Waals surface area contributed by atoms with Crippen LogP contribution in [0.1, 0.15) is 52.3 Å². The van der Waals surface area contributed by atoms with E-state index in [9.17, 15) is 4.79 Å². The van der Waals surface area contributed by atoms with Crippen molar-refractivity contribution in [1.29, 1.82) is 0 Å². The normalized spacial score (nSPS) is 10.7. The van der Waals surface area contributed by atoms with Gasteiger partial charge in [-0.05, 0) is 58.4 Å². The molecule has 0 saturated heterocycles. The van der Waals surface area contributed by atoms with Crippen molar-refractivity contribution in [3.63, 3.8) is 0 Å². The van der Waals surface area contributed by atoms with Gasteiger partial charge in [0.25, 0.3) is 0 Å². The molecule has 0 saturated carbocycles. The highest BCUT2D eigenvalue weighted by molar-refractivity contribution is 7.98. The molecular weight excluding hydrogens is 406 g/mol. The number of unbranched alkanes of at least 4 members (excludes halogenated alkanes) is 1. The number of nitrogens with one attached hydrogen (secondary N) is 1. The molecule has 1 aromatic carbocycles. The summed E-state index contributed by atoms with van der Waals surface area (Å²) in [6, 6.07) is 10.5. The van der Waals surface area contributed by atoms with Gasteiger partial charge in [0.05, 0.1) is 0 Å². The molecule has 0 aliphatic carbocycles. The molecule has 0 unspecified atom stereocenters. The molecule has 0 radical (unpaired) electrons. The van der Waals surface area contributed by atoms with Crippen LogP contribution in [0.4, 0.5) is 17.2 Å². The predicted molar refractivity (Wildman–Crippen MR) is 134 cm³/mol. The standard InChI is InChI=1S/C24H37N5OS/c1-6-17-29(20-14-10-9-11-15-20)18-13-12-16-21(30)27-22-23(28(7-2)8-3)25-19(4)26-24(22)31-5/h9-11,14-15H,6-8,12-13,16-18H2,1-5H3,(H,27,30). The lowest BCUT2D eigenvalue weighted by molar-refractivity contribution is -0.116. The van der Waals surface area contributed by atoms with Crippen LogP contribution in [0.5, 0.6) is 0 Å². The molecule has 0 aliphatic heterocycles. The van der Waals surface area contributed by atoms with Gasteiger partial charge in [-0.15, -0.1) is 11.8 Å². The third-order valence-corrected chi connectivity index (χ3v) is 5.87. The lowest BCUT2D eigenvalue weighted by Crippen LogP contribution is -2.27. The molecule has 7 heteroatoms. The lowest BCUT2D eigenvalue weighted by Gasteiger charge is -2.25. The second-order valence-corrected chi connectivity index (χ2v) is 8.27. The number of amides is 1. The van der Waals surface area contributed by atoms with Gasteiger partial charge in [-0.2, -0.15) is 0 Å². The van der Waals surface area contributed by atoms with Crippen molar-refractivity contribution in [2.45, 2.75) is 58.4 Å². The number of aryl methyl sites for hydroxylation is 1. The highest BCUT2D eigenvalue weighted by Gasteiger charge is 2.19. The minimum Gasteiger partial charge on any atom is -0.372 e. The van der Waals surface area contributed by atoms with E-state index in [1.165, 1.54) is 5.69 Å². The Morgan fingerprint density at radius 3 is 2.32 bits per heavy atom. The van der Waals surface area contributed by atoms with E-state index in [4.69, 9.17) is 0 Å². The first-order chi connectivity index (χ1) is 15.0. The number of hydrogen-bond acceptors (Lipinski definition) is 6. The number of hydrogen-bond donors (Lipinski definition) is 1. The smallest absolute Gasteiger partial charge is 0.224 e. The number of para-hydroxylation sites is 1. The molecular formula is C24H37N5OS. The fourth-order valence-corrected chi connectivity index (χ4v) is 4.18. The van der Waals surface area contributed by atoms with Gasteiger partial charge in [0.2, 0.25) is 5.91 Å². The van der Waals surface area contributed by atoms with Crippen LogP contribution in [0.25, 0.3) is 0 Å². The average molecular weight is 444 g/mol. The molecule has 31 heavy (non-hydrogen) atoms. The Kier molecular flexibility index (Phi) is 10.6. The third kappa shape index (κ3) is 7.42. The Hall–Kier alpha value is -2.28. The Bertz CT molecular complexity index is 811. The van der Waals surface area contributed by atoms with Gasteiger partial charge in [0, 0.05) is 38.3 Å². The molecule has 0 atom stereocenters. The first kappa shape index (κ1) is 25.0. The first-order valence-electron chi connectivity index (χ1n) is 11.3. The highest BCUT2D eigenvalue weighted by atomic mass is 32.2. The summed E-state index contributed by atoms with van der Waals surface area (Å²) in [7, 11) is 0. The van der Waals surface area contributed by atoms with Crippen molar-refractivity contribution in [1.82, 2.24) is 9.97 Å². The first-order valence-corrected chi connectivity index (χ1v) is 12.5. The van der Waals surface area contributed by atoms with Crippen LogP contribution in [-0.4, -0.2) is 48.3 Å². The molecule has 1 aromatic heterocycles. The third-order valence-electron chi connectivity index (χ3n) is 5.19. The van der Waals surface area contributed by atoms with Crippen LogP contribution in [0.3, 0.4) is 0 Å². The fourth-order valence-electron chi connectivity index (χ4n) is 3.61. The van der Waals surface area contributed by atoms with Crippen LogP contribution >= 0.6 is 11.8 Å². The fraction of sp³-hybridized carbons (Fsp3) is 0.542. The highest BCUT2D eigenvalue weighted by Crippen LogP contribution is 2.32. The molecule has 1 N–H and O–H groups in total. The molecule has 0 bridgehead atoms. The van der Waals surface area contributed by atoms with Gasteiger partial charge >= 0.3 is 0 Å². The minimum atomic E-state index is 0.0258. The van der Waals surface area contributed by atoms with Crippen molar-refractivity contribution in [2.75, 3.05) is 47.6 Å². The van der Waals surface area contributed by atoms with E-state index in [2.05, 4.69) is 70.1 Å². The summed E-state index contributed by atoms with van der Waals surface area (Å²) in [6.45, 7) is 11.9. The number of carbonyl (C=O) groups is 1. The van der Waals surface area contributed by atoms with Crippen molar-refractivity contribution >= 4 is 34.9 Å². The summed E-state index contributed by atoms with van der Waals surface area (Å²) in [6.07, 6.45) is 5.41. The van der Waals surface area contributed by atoms with E-state index >= 15 is 0 Å². The van der Waals surface area contributed by atoms with Gasteiger partial charge in [0.15, 0.2) is 5.82 Å². The van der Waals surface area contributed by atoms with E-state index in [-0.39, 0.29) is 5.91 Å². The number of rotatable bonds is 13. The average Bonchev–Trinajstić information content (AvgIpc) is 2.78. The van der Waals surface area contributed by atoms with Crippen LogP contribution in [0.15, 0.2) is 35.4 Å². The second kappa shape index (κ2) is 13.2. The largest absolute Gasteiger partial charge is 0.372 e. The summed E-state index contributed by atoms with van der Waals surface area (Å²) in [5.74, 6) is 1.56. The van der Waals surface area contributed by atoms with Gasteiger partial charge in [-0.25, -0.2) is 9.97 Å². The lowest BCUT2D eigenvalue weighted by atomic mass is 10.2. The summed E-state index contributed by atoms with van der Waals surface area (Å²) in [5.41, 5.74) is 1.99. The quantitative estimate of drug-likeness (QED) is 0.255. The molecule has 1 amide bonds. The van der Waals surface area contributed by atoms with E-state index in [1.807, 2.05) is 19.2 Å². The SMILES string of the molecule is CCCN(CCCCC(=O)Nc1c(SC)nc(C)nc1N(CC)CC)c1ccccc1. The number of carbonyl (C=O) groups excluding carboxylic acids is 1. The molecule has 170 valence electrons. The molecule has 2 aromatic rings. The van der Waals surface area contributed by atoms with Crippen molar-refractivity contribution in [3.8, 4) is 0 Å². The van der Waals surface area contributed by atoms with E-state index in [0.29, 0.717) is 6.42 Å². The predicted octanol–water partition coefficient (Wildman–Crippen LogP) is 5.38. The minimum absolute atomic E-state index is 0.0258. The number of benzene rings is 1. The molecule has 0 aliphatic rings. The maximum atomic E-state index is 12.7. The van der Waals surface area contributed by atoms with Gasteiger partial charge < -0.3 is 15.1 Å². The van der Waals surface area contributed by atoms with Crippen LogP contribution < -0.4 is 15.1 Å². The Labute approximate surface area is 191 Å². The summed E-state index contributed by atoms with van der Waals surface area (Å²) < 4.78 is 0. The van der Waals surface area contributed by atoms with E-state index in [0.717, 1.165) is 67.8 Å². The summed E-state index contributed by atoms with van der Waals surface area (Å²) >= 11 is 1.54. The summed E-state index contributed by atoms with van der Waals surface area (Å²) in [4.78, 5) is 26.5. The zero-order chi connectivity index (χ0) is 22.6. The number of aromatic nitrogens is 2. The van der Waals surface area contributed by atoms with Crippen LogP contribution in [0.2, 0.25) is 0 Å². The Morgan fingerprint density at radius 2 is 1.71 bits per heavy atom. The maximum absolute atomic E-state index is 12.7. The number of thioether (sulfide) groups is 1. The van der Waals surface area contributed by atoms with E-state index in [1.54, 1.807) is 11.8 Å². The zero-order valence-electron chi connectivity index (χ0n) is 19.6. The second-order valence-electron chi connectivity index (χ2n) is 7.48. The monoisotopic (exact) mass is 443 g/mol. The van der Waals surface area contributed by atoms with Crippen molar-refractivity contribution in [3.05, 3.63) is 36.2 Å². The molecule has 1 heterocycles. The van der Waals surface area contributed by atoms with Gasteiger partial charge in [-0.3, -0.25) is 4.79 Å². The number of anilines is 3. The topological polar surface area (TPSA) is 61.4 Å². The van der Waals surface area contributed by atoms with Crippen molar-refractivity contribution < 1.29 is 4.79 Å². The maximum Gasteiger partial charge on any atom is 0.224 e. The van der Waals surface area contributed by atoms with E-state index < -0.39 is 0 Å². The number of nitrogens with zero attached hydrogens (tertiary/aromatic N) is 4. The van der Waals surface area contributed by atoms with Crippen LogP contribution in [-0.2, 0) is 4.79 Å². The Morgan fingerprint density at radius 1 is 1.00 bits per heavy atom.